The summed E-state index contributed by atoms with van der Waals surface area (Å²) in [5, 5.41) is 5.90. The lowest BCUT2D eigenvalue weighted by molar-refractivity contribution is 0.102. The molecule has 1 saturated heterocycles. The van der Waals surface area contributed by atoms with Crippen molar-refractivity contribution in [1.29, 1.82) is 0 Å². The molecule has 26 heavy (non-hydrogen) atoms. The van der Waals surface area contributed by atoms with E-state index in [0.29, 0.717) is 12.1 Å². The quantitative estimate of drug-likeness (QED) is 0.851. The van der Waals surface area contributed by atoms with Gasteiger partial charge in [-0.1, -0.05) is 17.7 Å². The molecule has 1 aromatic carbocycles. The lowest BCUT2D eigenvalue weighted by Gasteiger charge is -2.13. The summed E-state index contributed by atoms with van der Waals surface area (Å²) in [6, 6.07) is 7.17. The fraction of sp³-hybridized carbons (Fsp3) is 0.389. The summed E-state index contributed by atoms with van der Waals surface area (Å²) in [6.45, 7) is 5.70. The molecule has 2 heterocycles. The number of sulfone groups is 1. The third kappa shape index (κ3) is 4.37. The monoisotopic (exact) mass is 374 g/mol. The summed E-state index contributed by atoms with van der Waals surface area (Å²) < 4.78 is 23.2. The molecular formula is C18H22N4O3S. The van der Waals surface area contributed by atoms with Gasteiger partial charge < -0.3 is 10.6 Å². The average Bonchev–Trinajstić information content (AvgIpc) is 2.88. The Balaban J connectivity index is 1.77. The fourth-order valence-electron chi connectivity index (χ4n) is 2.98. The molecule has 1 aliphatic rings. The van der Waals surface area contributed by atoms with Crippen LogP contribution in [-0.4, -0.2) is 41.8 Å². The largest absolute Gasteiger partial charge is 0.350 e. The molecule has 2 aromatic rings. The van der Waals surface area contributed by atoms with Crippen LogP contribution in [0.25, 0.3) is 0 Å². The van der Waals surface area contributed by atoms with E-state index >= 15 is 0 Å². The first-order chi connectivity index (χ1) is 12.2. The van der Waals surface area contributed by atoms with E-state index < -0.39 is 9.84 Å². The van der Waals surface area contributed by atoms with Crippen molar-refractivity contribution in [2.75, 3.05) is 22.1 Å². The minimum absolute atomic E-state index is 0.0639. The topological polar surface area (TPSA) is 101 Å². The first-order valence-electron chi connectivity index (χ1n) is 8.43. The predicted molar refractivity (Wildman–Crippen MR) is 101 cm³/mol. The Morgan fingerprint density at radius 1 is 1.15 bits per heavy atom. The molecule has 1 aromatic heterocycles. The molecule has 3 rings (SSSR count). The van der Waals surface area contributed by atoms with E-state index in [1.807, 2.05) is 32.0 Å². The Morgan fingerprint density at radius 2 is 1.92 bits per heavy atom. The molecule has 1 fully saturated rings. The van der Waals surface area contributed by atoms with Gasteiger partial charge in [-0.3, -0.25) is 4.79 Å². The summed E-state index contributed by atoms with van der Waals surface area (Å²) in [5.41, 5.74) is 3.69. The van der Waals surface area contributed by atoms with Crippen LogP contribution in [0.2, 0.25) is 0 Å². The Bertz CT molecular complexity index is 957. The van der Waals surface area contributed by atoms with Crippen LogP contribution in [0.3, 0.4) is 0 Å². The summed E-state index contributed by atoms with van der Waals surface area (Å²) in [4.78, 5) is 21.1. The van der Waals surface area contributed by atoms with Crippen LogP contribution in [0, 0.1) is 20.8 Å². The van der Waals surface area contributed by atoms with Gasteiger partial charge in [0.15, 0.2) is 9.84 Å². The second-order valence-corrected chi connectivity index (χ2v) is 8.96. The SMILES string of the molecule is Cc1ccc(NC(=O)c2cc(C)nc(NC3CCS(=O)(=O)C3)n2)c(C)c1. The molecule has 1 amide bonds. The van der Waals surface area contributed by atoms with Crippen LogP contribution >= 0.6 is 0 Å². The lowest BCUT2D eigenvalue weighted by Crippen LogP contribution is -2.23. The maximum Gasteiger partial charge on any atom is 0.274 e. The standard InChI is InChI=1S/C18H22N4O3S/c1-11-4-5-15(12(2)8-11)21-17(23)16-9-13(3)19-18(22-16)20-14-6-7-26(24,25)10-14/h4-5,8-9,14H,6-7,10H2,1-3H3,(H,21,23)(H,19,20,22). The molecule has 0 bridgehead atoms. The zero-order chi connectivity index (χ0) is 18.9. The molecule has 0 aliphatic carbocycles. The van der Waals surface area contributed by atoms with Crippen LogP contribution in [0.1, 0.15) is 33.7 Å². The van der Waals surface area contributed by atoms with Gasteiger partial charge in [-0.2, -0.15) is 0 Å². The Labute approximate surface area is 153 Å². The van der Waals surface area contributed by atoms with E-state index in [4.69, 9.17) is 0 Å². The fourth-order valence-corrected chi connectivity index (χ4v) is 4.65. The molecule has 1 aliphatic heterocycles. The van der Waals surface area contributed by atoms with Crippen LogP contribution in [0.5, 0.6) is 0 Å². The van der Waals surface area contributed by atoms with Gasteiger partial charge >= 0.3 is 0 Å². The molecule has 1 unspecified atom stereocenters. The first-order valence-corrected chi connectivity index (χ1v) is 10.3. The summed E-state index contributed by atoms with van der Waals surface area (Å²) >= 11 is 0. The van der Waals surface area contributed by atoms with E-state index in [1.165, 1.54) is 0 Å². The van der Waals surface area contributed by atoms with E-state index in [-0.39, 0.29) is 35.1 Å². The number of aryl methyl sites for hydroxylation is 3. The van der Waals surface area contributed by atoms with Crippen molar-refractivity contribution in [2.45, 2.75) is 33.2 Å². The zero-order valence-electron chi connectivity index (χ0n) is 15.0. The highest BCUT2D eigenvalue weighted by atomic mass is 32.2. The van der Waals surface area contributed by atoms with Crippen molar-refractivity contribution in [1.82, 2.24) is 9.97 Å². The number of hydrogen-bond donors (Lipinski definition) is 2. The number of carbonyl (C=O) groups is 1. The number of aromatic nitrogens is 2. The normalized spacial score (nSPS) is 18.5. The molecule has 0 radical (unpaired) electrons. The smallest absolute Gasteiger partial charge is 0.274 e. The molecule has 2 N–H and O–H groups in total. The van der Waals surface area contributed by atoms with Crippen LogP contribution in [0.4, 0.5) is 11.6 Å². The first kappa shape index (κ1) is 18.3. The van der Waals surface area contributed by atoms with Crippen LogP contribution in [0.15, 0.2) is 24.3 Å². The number of nitrogens with one attached hydrogen (secondary N) is 2. The van der Waals surface area contributed by atoms with Crippen molar-refractivity contribution in [3.63, 3.8) is 0 Å². The maximum absolute atomic E-state index is 12.6. The third-order valence-corrected chi connectivity index (χ3v) is 6.05. The molecule has 1 atom stereocenters. The lowest BCUT2D eigenvalue weighted by atomic mass is 10.1. The van der Waals surface area contributed by atoms with Gasteiger partial charge in [0.05, 0.1) is 11.5 Å². The second-order valence-electron chi connectivity index (χ2n) is 6.73. The summed E-state index contributed by atoms with van der Waals surface area (Å²) in [6.07, 6.45) is 0.518. The van der Waals surface area contributed by atoms with Gasteiger partial charge in [-0.05, 0) is 44.9 Å². The van der Waals surface area contributed by atoms with Crippen LogP contribution < -0.4 is 10.6 Å². The summed E-state index contributed by atoms with van der Waals surface area (Å²) in [7, 11) is -3.00. The minimum Gasteiger partial charge on any atom is -0.350 e. The third-order valence-electron chi connectivity index (χ3n) is 4.28. The van der Waals surface area contributed by atoms with Crippen molar-refractivity contribution in [2.24, 2.45) is 0 Å². The van der Waals surface area contributed by atoms with Gasteiger partial charge in [-0.25, -0.2) is 18.4 Å². The van der Waals surface area contributed by atoms with Crippen molar-refractivity contribution in [3.05, 3.63) is 46.8 Å². The number of rotatable bonds is 4. The van der Waals surface area contributed by atoms with Crippen molar-refractivity contribution in [3.8, 4) is 0 Å². The maximum atomic E-state index is 12.6. The number of nitrogens with zero attached hydrogens (tertiary/aromatic N) is 2. The molecule has 138 valence electrons. The zero-order valence-corrected chi connectivity index (χ0v) is 15.9. The number of carbonyl (C=O) groups excluding carboxylic acids is 1. The van der Waals surface area contributed by atoms with Crippen molar-refractivity contribution < 1.29 is 13.2 Å². The Kier molecular flexibility index (Phi) is 4.95. The minimum atomic E-state index is -3.00. The molecule has 8 heteroatoms. The molecular weight excluding hydrogens is 352 g/mol. The van der Waals surface area contributed by atoms with Gasteiger partial charge in [0.1, 0.15) is 5.69 Å². The second kappa shape index (κ2) is 7.03. The van der Waals surface area contributed by atoms with E-state index in [2.05, 4.69) is 20.6 Å². The average molecular weight is 374 g/mol. The van der Waals surface area contributed by atoms with E-state index in [0.717, 1.165) is 16.8 Å². The van der Waals surface area contributed by atoms with Crippen molar-refractivity contribution >= 4 is 27.4 Å². The Morgan fingerprint density at radius 3 is 2.58 bits per heavy atom. The van der Waals surface area contributed by atoms with Gasteiger partial charge in [0.25, 0.3) is 5.91 Å². The number of benzene rings is 1. The van der Waals surface area contributed by atoms with Crippen LogP contribution in [-0.2, 0) is 9.84 Å². The van der Waals surface area contributed by atoms with Gasteiger partial charge in [-0.15, -0.1) is 0 Å². The number of hydrogen-bond acceptors (Lipinski definition) is 6. The van der Waals surface area contributed by atoms with Gasteiger partial charge in [0.2, 0.25) is 5.95 Å². The highest BCUT2D eigenvalue weighted by Gasteiger charge is 2.28. The highest BCUT2D eigenvalue weighted by molar-refractivity contribution is 7.91. The Hall–Kier alpha value is -2.48. The van der Waals surface area contributed by atoms with Gasteiger partial charge in [0, 0.05) is 17.4 Å². The van der Waals surface area contributed by atoms with E-state index in [9.17, 15) is 13.2 Å². The molecule has 0 saturated carbocycles. The number of anilines is 2. The highest BCUT2D eigenvalue weighted by Crippen LogP contribution is 2.18. The summed E-state index contributed by atoms with van der Waals surface area (Å²) in [5.74, 6) is 0.174. The predicted octanol–water partition coefficient (Wildman–Crippen LogP) is 2.25. The van der Waals surface area contributed by atoms with E-state index in [1.54, 1.807) is 13.0 Å². The molecule has 0 spiro atoms. The number of amides is 1. The molecule has 7 nitrogen and oxygen atoms in total.